The number of benzene rings is 2. The Bertz CT molecular complexity index is 980. The van der Waals surface area contributed by atoms with Crippen LogP contribution in [0.25, 0.3) is 6.08 Å². The minimum atomic E-state index is -0.388. The standard InChI is InChI=1S/C25H29N3O/c1-6-18-7-10-21(11-8-18)27-24(29)20(16-26)13-19-9-12-23-22(14-19)17(2)15-25(3,4)28(23)5/h7-14,17H,6,15H2,1-5H3,(H,27,29)/b20-13-/t17-/m0/s1. The van der Waals surface area contributed by atoms with Gasteiger partial charge in [-0.15, -0.1) is 0 Å². The Hall–Kier alpha value is -3.06. The molecule has 1 atom stereocenters. The van der Waals surface area contributed by atoms with Crippen LogP contribution in [0, 0.1) is 11.3 Å². The summed E-state index contributed by atoms with van der Waals surface area (Å²) in [6.07, 6.45) is 3.67. The van der Waals surface area contributed by atoms with Crippen LogP contribution >= 0.6 is 0 Å². The van der Waals surface area contributed by atoms with Gasteiger partial charge < -0.3 is 10.2 Å². The second-order valence-electron chi connectivity index (χ2n) is 8.47. The van der Waals surface area contributed by atoms with Gasteiger partial charge in [0, 0.05) is 24.0 Å². The van der Waals surface area contributed by atoms with Gasteiger partial charge in [0.15, 0.2) is 0 Å². The summed E-state index contributed by atoms with van der Waals surface area (Å²) in [5.41, 5.74) is 5.44. The third kappa shape index (κ3) is 4.35. The van der Waals surface area contributed by atoms with Crippen LogP contribution in [0.3, 0.4) is 0 Å². The SMILES string of the molecule is CCc1ccc(NC(=O)/C(C#N)=C\c2ccc3c(c2)[C@@H](C)CC(C)(C)N3C)cc1. The second-order valence-corrected chi connectivity index (χ2v) is 8.47. The van der Waals surface area contributed by atoms with E-state index in [9.17, 15) is 10.1 Å². The minimum Gasteiger partial charge on any atom is -0.369 e. The first-order valence-corrected chi connectivity index (χ1v) is 10.1. The normalized spacial score (nSPS) is 18.0. The summed E-state index contributed by atoms with van der Waals surface area (Å²) >= 11 is 0. The van der Waals surface area contributed by atoms with Crippen LogP contribution in [0.4, 0.5) is 11.4 Å². The van der Waals surface area contributed by atoms with Gasteiger partial charge in [0.1, 0.15) is 11.6 Å². The highest BCUT2D eigenvalue weighted by molar-refractivity contribution is 6.09. The van der Waals surface area contributed by atoms with Gasteiger partial charge in [-0.3, -0.25) is 4.79 Å². The van der Waals surface area contributed by atoms with Crippen molar-refractivity contribution in [2.75, 3.05) is 17.3 Å². The molecule has 2 aromatic carbocycles. The van der Waals surface area contributed by atoms with Crippen molar-refractivity contribution in [2.45, 2.75) is 52.0 Å². The third-order valence-electron chi connectivity index (χ3n) is 5.95. The quantitative estimate of drug-likeness (QED) is 0.555. The lowest BCUT2D eigenvalue weighted by Gasteiger charge is -2.45. The van der Waals surface area contributed by atoms with Crippen molar-refractivity contribution in [1.29, 1.82) is 5.26 Å². The molecule has 0 fully saturated rings. The Balaban J connectivity index is 1.85. The lowest BCUT2D eigenvalue weighted by atomic mass is 9.80. The molecule has 0 bridgehead atoms. The number of aryl methyl sites for hydroxylation is 1. The van der Waals surface area contributed by atoms with Crippen molar-refractivity contribution in [3.8, 4) is 6.07 Å². The van der Waals surface area contributed by atoms with Gasteiger partial charge in [0.25, 0.3) is 5.91 Å². The van der Waals surface area contributed by atoms with Crippen molar-refractivity contribution >= 4 is 23.4 Å². The molecule has 3 rings (SSSR count). The van der Waals surface area contributed by atoms with Crippen molar-refractivity contribution in [2.24, 2.45) is 0 Å². The molecule has 1 N–H and O–H groups in total. The zero-order valence-corrected chi connectivity index (χ0v) is 17.9. The van der Waals surface area contributed by atoms with Crippen molar-refractivity contribution in [3.05, 3.63) is 64.7 Å². The summed E-state index contributed by atoms with van der Waals surface area (Å²) in [4.78, 5) is 14.9. The zero-order valence-electron chi connectivity index (χ0n) is 17.9. The maximum Gasteiger partial charge on any atom is 0.266 e. The highest BCUT2D eigenvalue weighted by Gasteiger charge is 2.33. The molecule has 2 aromatic rings. The van der Waals surface area contributed by atoms with E-state index in [-0.39, 0.29) is 17.0 Å². The largest absolute Gasteiger partial charge is 0.369 e. The van der Waals surface area contributed by atoms with E-state index in [0.29, 0.717) is 11.6 Å². The lowest BCUT2D eigenvalue weighted by Crippen LogP contribution is -2.45. The number of anilines is 2. The monoisotopic (exact) mass is 387 g/mol. The summed E-state index contributed by atoms with van der Waals surface area (Å²) in [6, 6.07) is 15.9. The average molecular weight is 388 g/mol. The topological polar surface area (TPSA) is 56.1 Å². The number of carbonyl (C=O) groups excluding carboxylic acids is 1. The molecule has 1 heterocycles. The Kier molecular flexibility index (Phi) is 5.79. The number of nitriles is 1. The second kappa shape index (κ2) is 8.13. The van der Waals surface area contributed by atoms with Gasteiger partial charge in [-0.05, 0) is 79.6 Å². The van der Waals surface area contributed by atoms with Gasteiger partial charge in [-0.25, -0.2) is 0 Å². The Morgan fingerprint density at radius 1 is 1.28 bits per heavy atom. The fourth-order valence-corrected chi connectivity index (χ4v) is 4.02. The van der Waals surface area contributed by atoms with Gasteiger partial charge in [0.05, 0.1) is 0 Å². The van der Waals surface area contributed by atoms with E-state index in [1.54, 1.807) is 6.08 Å². The molecule has 4 nitrogen and oxygen atoms in total. The zero-order chi connectivity index (χ0) is 21.2. The summed E-state index contributed by atoms with van der Waals surface area (Å²) in [7, 11) is 2.12. The van der Waals surface area contributed by atoms with Crippen LogP contribution in [-0.4, -0.2) is 18.5 Å². The van der Waals surface area contributed by atoms with Gasteiger partial charge in [0.2, 0.25) is 0 Å². The molecule has 0 saturated carbocycles. The van der Waals surface area contributed by atoms with Crippen LogP contribution < -0.4 is 10.2 Å². The van der Waals surface area contributed by atoms with Crippen molar-refractivity contribution in [1.82, 2.24) is 0 Å². The van der Waals surface area contributed by atoms with Crippen LogP contribution in [0.1, 0.15) is 56.7 Å². The maximum atomic E-state index is 12.6. The fraction of sp³-hybridized carbons (Fsp3) is 0.360. The maximum absolute atomic E-state index is 12.6. The van der Waals surface area contributed by atoms with E-state index in [0.717, 1.165) is 18.4 Å². The van der Waals surface area contributed by atoms with Crippen LogP contribution in [0.15, 0.2) is 48.0 Å². The molecular weight excluding hydrogens is 358 g/mol. The summed E-state index contributed by atoms with van der Waals surface area (Å²) in [5, 5.41) is 12.3. The molecule has 29 heavy (non-hydrogen) atoms. The lowest BCUT2D eigenvalue weighted by molar-refractivity contribution is -0.112. The molecule has 150 valence electrons. The molecule has 0 aromatic heterocycles. The van der Waals surface area contributed by atoms with E-state index >= 15 is 0 Å². The first kappa shape index (κ1) is 20.7. The number of hydrogen-bond acceptors (Lipinski definition) is 3. The predicted octanol–water partition coefficient (Wildman–Crippen LogP) is 5.52. The van der Waals surface area contributed by atoms with E-state index in [1.807, 2.05) is 36.4 Å². The van der Waals surface area contributed by atoms with Gasteiger partial charge in [-0.2, -0.15) is 5.26 Å². The number of nitrogens with one attached hydrogen (secondary N) is 1. The first-order chi connectivity index (χ1) is 13.7. The smallest absolute Gasteiger partial charge is 0.266 e. The van der Waals surface area contributed by atoms with Crippen molar-refractivity contribution in [3.63, 3.8) is 0 Å². The number of fused-ring (bicyclic) bond motifs is 1. The number of amides is 1. The Morgan fingerprint density at radius 3 is 2.59 bits per heavy atom. The molecule has 0 unspecified atom stereocenters. The predicted molar refractivity (Wildman–Crippen MR) is 120 cm³/mol. The number of hydrogen-bond donors (Lipinski definition) is 1. The average Bonchev–Trinajstić information content (AvgIpc) is 2.70. The Morgan fingerprint density at radius 2 is 1.97 bits per heavy atom. The molecule has 0 spiro atoms. The summed E-state index contributed by atoms with van der Waals surface area (Å²) < 4.78 is 0. The molecule has 0 saturated heterocycles. The van der Waals surface area contributed by atoms with Gasteiger partial charge in [-0.1, -0.05) is 32.0 Å². The van der Waals surface area contributed by atoms with Gasteiger partial charge >= 0.3 is 0 Å². The fourth-order valence-electron chi connectivity index (χ4n) is 4.02. The molecule has 1 amide bonds. The summed E-state index contributed by atoms with van der Waals surface area (Å²) in [5.74, 6) is 0.0294. The highest BCUT2D eigenvalue weighted by atomic mass is 16.1. The van der Waals surface area contributed by atoms with Crippen LogP contribution in [-0.2, 0) is 11.2 Å². The molecule has 0 aliphatic carbocycles. The molecule has 1 aliphatic heterocycles. The molecule has 0 radical (unpaired) electrons. The molecule has 1 aliphatic rings. The Labute approximate surface area is 173 Å². The van der Waals surface area contributed by atoms with Crippen LogP contribution in [0.2, 0.25) is 0 Å². The minimum absolute atomic E-state index is 0.0988. The number of carbonyl (C=O) groups is 1. The highest BCUT2D eigenvalue weighted by Crippen LogP contribution is 2.42. The van der Waals surface area contributed by atoms with E-state index in [2.05, 4.69) is 57.1 Å². The van der Waals surface area contributed by atoms with E-state index in [1.165, 1.54) is 16.8 Å². The summed E-state index contributed by atoms with van der Waals surface area (Å²) in [6.45, 7) is 8.83. The van der Waals surface area contributed by atoms with Crippen molar-refractivity contribution < 1.29 is 4.79 Å². The van der Waals surface area contributed by atoms with E-state index in [4.69, 9.17) is 0 Å². The van der Waals surface area contributed by atoms with E-state index < -0.39 is 0 Å². The van der Waals surface area contributed by atoms with Crippen LogP contribution in [0.5, 0.6) is 0 Å². The number of rotatable bonds is 4. The molecular formula is C25H29N3O. The first-order valence-electron chi connectivity index (χ1n) is 10.1. The molecule has 4 heteroatoms. The number of nitrogens with zero attached hydrogens (tertiary/aromatic N) is 2. The third-order valence-corrected chi connectivity index (χ3v) is 5.95.